The molecule has 6 heteroatoms. The van der Waals surface area contributed by atoms with Crippen LogP contribution in [0.4, 0.5) is 0 Å². The third-order valence-corrected chi connectivity index (χ3v) is 4.93. The van der Waals surface area contributed by atoms with Crippen molar-refractivity contribution in [3.63, 3.8) is 0 Å². The molecule has 1 saturated heterocycles. The van der Waals surface area contributed by atoms with E-state index in [1.54, 1.807) is 10.6 Å². The average molecular weight is 343 g/mol. The molecule has 0 radical (unpaired) electrons. The second-order valence-corrected chi connectivity index (χ2v) is 6.95. The number of piperidine rings is 1. The lowest BCUT2D eigenvalue weighted by Crippen LogP contribution is -2.46. The molecule has 134 valence electrons. The number of aliphatic carboxylic acids is 1. The van der Waals surface area contributed by atoms with Gasteiger partial charge in [0, 0.05) is 36.1 Å². The maximum Gasteiger partial charge on any atom is 0.323 e. The highest BCUT2D eigenvalue weighted by Crippen LogP contribution is 2.21. The number of benzene rings is 1. The molecule has 2 heterocycles. The largest absolute Gasteiger partial charge is 0.480 e. The van der Waals surface area contributed by atoms with Gasteiger partial charge in [0.05, 0.1) is 0 Å². The van der Waals surface area contributed by atoms with Crippen molar-refractivity contribution in [1.82, 2.24) is 14.8 Å². The monoisotopic (exact) mass is 343 g/mol. The van der Waals surface area contributed by atoms with Crippen molar-refractivity contribution in [3.05, 3.63) is 36.0 Å². The number of carbonyl (C=O) groups excluding carboxylic acids is 1. The number of nitrogens with one attached hydrogen (secondary N) is 1. The molecule has 2 aromatic rings. The summed E-state index contributed by atoms with van der Waals surface area (Å²) in [4.78, 5) is 26.4. The Hall–Kier alpha value is -2.34. The van der Waals surface area contributed by atoms with E-state index in [2.05, 4.69) is 24.1 Å². The molecule has 0 aliphatic carbocycles. The Labute approximate surface area is 147 Å². The van der Waals surface area contributed by atoms with Crippen LogP contribution in [0.1, 0.15) is 37.2 Å². The fraction of sp³-hybridized carbons (Fsp3) is 0.474. The van der Waals surface area contributed by atoms with Crippen molar-refractivity contribution in [2.45, 2.75) is 45.3 Å². The topological polar surface area (TPSA) is 74.6 Å². The predicted molar refractivity (Wildman–Crippen MR) is 96.8 cm³/mol. The number of amides is 1. The first kappa shape index (κ1) is 17.5. The standard InChI is InChI=1S/C19H25N3O3/c1-13(2)21-9-7-15(8-10-21)20-19(25)17-11-14-5-3-4-6-16(14)22(17)12-18(23)24/h3-6,11,13,15H,7-10,12H2,1-2H3,(H,20,25)(H,23,24). The van der Waals surface area contributed by atoms with E-state index in [1.165, 1.54) is 0 Å². The highest BCUT2D eigenvalue weighted by molar-refractivity contribution is 5.99. The van der Waals surface area contributed by atoms with E-state index in [4.69, 9.17) is 0 Å². The smallest absolute Gasteiger partial charge is 0.323 e. The number of nitrogens with zero attached hydrogens (tertiary/aromatic N) is 2. The first-order valence-corrected chi connectivity index (χ1v) is 8.80. The Balaban J connectivity index is 1.77. The van der Waals surface area contributed by atoms with Crippen LogP contribution in [0.5, 0.6) is 0 Å². The lowest BCUT2D eigenvalue weighted by molar-refractivity contribution is -0.137. The molecule has 1 aliphatic heterocycles. The summed E-state index contributed by atoms with van der Waals surface area (Å²) in [5.74, 6) is -1.15. The SMILES string of the molecule is CC(C)N1CCC(NC(=O)c2cc3ccccc3n2CC(=O)O)CC1. The van der Waals surface area contributed by atoms with Crippen LogP contribution in [0.15, 0.2) is 30.3 Å². The summed E-state index contributed by atoms with van der Waals surface area (Å²) in [6, 6.07) is 9.91. The molecule has 0 saturated carbocycles. The Morgan fingerprint density at radius 2 is 1.92 bits per heavy atom. The summed E-state index contributed by atoms with van der Waals surface area (Å²) in [6.07, 6.45) is 1.84. The first-order chi connectivity index (χ1) is 12.0. The van der Waals surface area contributed by atoms with Crippen LogP contribution in [0.2, 0.25) is 0 Å². The molecule has 0 spiro atoms. The van der Waals surface area contributed by atoms with Gasteiger partial charge in [-0.2, -0.15) is 0 Å². The minimum atomic E-state index is -0.958. The van der Waals surface area contributed by atoms with Crippen molar-refractivity contribution >= 4 is 22.8 Å². The van der Waals surface area contributed by atoms with Gasteiger partial charge in [0.1, 0.15) is 12.2 Å². The van der Waals surface area contributed by atoms with Crippen molar-refractivity contribution in [2.24, 2.45) is 0 Å². The van der Waals surface area contributed by atoms with E-state index < -0.39 is 5.97 Å². The molecular weight excluding hydrogens is 318 g/mol. The van der Waals surface area contributed by atoms with Gasteiger partial charge in [-0.1, -0.05) is 18.2 Å². The van der Waals surface area contributed by atoms with Crippen molar-refractivity contribution in [3.8, 4) is 0 Å². The lowest BCUT2D eigenvalue weighted by Gasteiger charge is -2.34. The third kappa shape index (κ3) is 3.85. The number of hydrogen-bond donors (Lipinski definition) is 2. The number of fused-ring (bicyclic) bond motifs is 1. The number of aromatic nitrogens is 1. The minimum Gasteiger partial charge on any atom is -0.480 e. The first-order valence-electron chi connectivity index (χ1n) is 8.80. The summed E-state index contributed by atoms with van der Waals surface area (Å²) in [5, 5.41) is 13.2. The highest BCUT2D eigenvalue weighted by atomic mass is 16.4. The van der Waals surface area contributed by atoms with Crippen LogP contribution < -0.4 is 5.32 Å². The number of carboxylic acids is 1. The average Bonchev–Trinajstić information content (AvgIpc) is 2.93. The number of carboxylic acid groups (broad SMARTS) is 1. The highest BCUT2D eigenvalue weighted by Gasteiger charge is 2.24. The number of likely N-dealkylation sites (tertiary alicyclic amines) is 1. The molecule has 3 rings (SSSR count). The molecule has 1 amide bonds. The van der Waals surface area contributed by atoms with Crippen LogP contribution in [0.3, 0.4) is 0 Å². The van der Waals surface area contributed by atoms with Gasteiger partial charge in [-0.05, 0) is 38.8 Å². The van der Waals surface area contributed by atoms with E-state index in [-0.39, 0.29) is 18.5 Å². The second kappa shape index (κ2) is 7.27. The van der Waals surface area contributed by atoms with E-state index in [0.29, 0.717) is 11.7 Å². The zero-order valence-corrected chi connectivity index (χ0v) is 14.7. The van der Waals surface area contributed by atoms with Gasteiger partial charge in [0.2, 0.25) is 0 Å². The molecule has 0 unspecified atom stereocenters. The zero-order valence-electron chi connectivity index (χ0n) is 14.7. The van der Waals surface area contributed by atoms with Crippen molar-refractivity contribution < 1.29 is 14.7 Å². The van der Waals surface area contributed by atoms with Crippen molar-refractivity contribution in [2.75, 3.05) is 13.1 Å². The Kier molecular flexibility index (Phi) is 5.08. The molecule has 2 N–H and O–H groups in total. The molecule has 1 aromatic heterocycles. The van der Waals surface area contributed by atoms with Crippen LogP contribution in [0.25, 0.3) is 10.9 Å². The lowest BCUT2D eigenvalue weighted by atomic mass is 10.0. The summed E-state index contributed by atoms with van der Waals surface area (Å²) in [5.41, 5.74) is 1.18. The number of rotatable bonds is 5. The third-order valence-electron chi connectivity index (χ3n) is 4.93. The zero-order chi connectivity index (χ0) is 18.0. The molecule has 1 aromatic carbocycles. The molecule has 6 nitrogen and oxygen atoms in total. The van der Waals surface area contributed by atoms with E-state index in [0.717, 1.165) is 36.8 Å². The molecule has 1 aliphatic rings. The summed E-state index contributed by atoms with van der Waals surface area (Å²) >= 11 is 0. The van der Waals surface area contributed by atoms with Gasteiger partial charge >= 0.3 is 5.97 Å². The molecular formula is C19H25N3O3. The van der Waals surface area contributed by atoms with Gasteiger partial charge in [-0.15, -0.1) is 0 Å². The number of hydrogen-bond acceptors (Lipinski definition) is 3. The predicted octanol–water partition coefficient (Wildman–Crippen LogP) is 2.33. The Morgan fingerprint density at radius 3 is 2.56 bits per heavy atom. The van der Waals surface area contributed by atoms with Crippen LogP contribution in [0, 0.1) is 0 Å². The maximum absolute atomic E-state index is 12.8. The molecule has 1 fully saturated rings. The molecule has 25 heavy (non-hydrogen) atoms. The number of para-hydroxylation sites is 1. The van der Waals surface area contributed by atoms with Crippen LogP contribution >= 0.6 is 0 Å². The fourth-order valence-electron chi connectivity index (χ4n) is 3.52. The Morgan fingerprint density at radius 1 is 1.24 bits per heavy atom. The van der Waals surface area contributed by atoms with Crippen molar-refractivity contribution in [1.29, 1.82) is 0 Å². The van der Waals surface area contributed by atoms with Gasteiger partial charge in [0.15, 0.2) is 0 Å². The van der Waals surface area contributed by atoms with E-state index in [9.17, 15) is 14.7 Å². The summed E-state index contributed by atoms with van der Waals surface area (Å²) in [6.45, 7) is 6.09. The summed E-state index contributed by atoms with van der Waals surface area (Å²) < 4.78 is 1.58. The Bertz CT molecular complexity index is 773. The quantitative estimate of drug-likeness (QED) is 0.874. The minimum absolute atomic E-state index is 0.138. The molecule has 0 atom stereocenters. The van der Waals surface area contributed by atoms with Gasteiger partial charge in [-0.3, -0.25) is 9.59 Å². The normalized spacial score (nSPS) is 16.4. The number of carbonyl (C=O) groups is 2. The molecule has 0 bridgehead atoms. The summed E-state index contributed by atoms with van der Waals surface area (Å²) in [7, 11) is 0. The van der Waals surface area contributed by atoms with Gasteiger partial charge in [-0.25, -0.2) is 0 Å². The van der Waals surface area contributed by atoms with Gasteiger partial charge in [0.25, 0.3) is 5.91 Å². The fourth-order valence-corrected chi connectivity index (χ4v) is 3.52. The second-order valence-electron chi connectivity index (χ2n) is 6.95. The maximum atomic E-state index is 12.8. The van der Waals surface area contributed by atoms with Crippen LogP contribution in [-0.4, -0.2) is 51.6 Å². The van der Waals surface area contributed by atoms with E-state index in [1.807, 2.05) is 24.3 Å². The van der Waals surface area contributed by atoms with Gasteiger partial charge < -0.3 is 19.9 Å². The van der Waals surface area contributed by atoms with Crippen LogP contribution in [-0.2, 0) is 11.3 Å². The van der Waals surface area contributed by atoms with E-state index >= 15 is 0 Å².